The van der Waals surface area contributed by atoms with Gasteiger partial charge in [-0.25, -0.2) is 4.98 Å². The summed E-state index contributed by atoms with van der Waals surface area (Å²) in [6.07, 6.45) is 2.69. The van der Waals surface area contributed by atoms with E-state index in [0.717, 1.165) is 36.1 Å². The van der Waals surface area contributed by atoms with Crippen molar-refractivity contribution in [3.8, 4) is 0 Å². The summed E-state index contributed by atoms with van der Waals surface area (Å²) in [5.74, 6) is 0.869. The van der Waals surface area contributed by atoms with E-state index in [1.165, 1.54) is 0 Å². The molecule has 0 saturated heterocycles. The smallest absolute Gasteiger partial charge is 0.119 e. The van der Waals surface area contributed by atoms with Gasteiger partial charge in [-0.3, -0.25) is 0 Å². The van der Waals surface area contributed by atoms with Crippen molar-refractivity contribution in [1.29, 1.82) is 0 Å². The maximum absolute atomic E-state index is 5.76. The minimum absolute atomic E-state index is 0.713. The summed E-state index contributed by atoms with van der Waals surface area (Å²) in [4.78, 5) is 4.19. The van der Waals surface area contributed by atoms with Crippen LogP contribution in [0.25, 0.3) is 0 Å². The van der Waals surface area contributed by atoms with E-state index in [-0.39, 0.29) is 0 Å². The summed E-state index contributed by atoms with van der Waals surface area (Å²) in [6, 6.07) is 3.69. The Kier molecular flexibility index (Phi) is 6.96. The Bertz CT molecular complexity index is 297. The van der Waals surface area contributed by atoms with Gasteiger partial charge in [0.25, 0.3) is 0 Å². The quantitative estimate of drug-likeness (QED) is 0.556. The predicted octanol–water partition coefficient (Wildman–Crippen LogP) is 1.81. The van der Waals surface area contributed by atoms with Gasteiger partial charge in [0.2, 0.25) is 0 Å². The van der Waals surface area contributed by atoms with Crippen LogP contribution >= 0.6 is 11.8 Å². The molecule has 0 radical (unpaired) electrons. The zero-order valence-corrected chi connectivity index (χ0v) is 10.3. The van der Waals surface area contributed by atoms with Crippen LogP contribution in [0.4, 0.5) is 5.69 Å². The van der Waals surface area contributed by atoms with E-state index in [1.807, 2.05) is 12.1 Å². The third-order valence-electron chi connectivity index (χ3n) is 1.90. The molecule has 0 aromatic carbocycles. The van der Waals surface area contributed by atoms with Gasteiger partial charge in [-0.05, 0) is 18.6 Å². The first kappa shape index (κ1) is 13.3. The Hall–Kier alpha value is -0.780. The van der Waals surface area contributed by atoms with Crippen molar-refractivity contribution in [3.05, 3.63) is 18.3 Å². The normalized spacial score (nSPS) is 10.6. The molecule has 1 rings (SSSR count). The summed E-state index contributed by atoms with van der Waals surface area (Å²) in [5, 5.41) is 0.878. The first-order valence-corrected chi connectivity index (χ1v) is 6.23. The molecule has 5 heteroatoms. The highest BCUT2D eigenvalue weighted by Crippen LogP contribution is 2.20. The van der Waals surface area contributed by atoms with E-state index in [4.69, 9.17) is 15.2 Å². The molecule has 1 aromatic heterocycles. The van der Waals surface area contributed by atoms with E-state index in [9.17, 15) is 0 Å². The van der Waals surface area contributed by atoms with Gasteiger partial charge in [-0.15, -0.1) is 11.8 Å². The number of methoxy groups -OCH3 is 1. The highest BCUT2D eigenvalue weighted by Gasteiger charge is 1.99. The number of nitrogens with zero attached hydrogens (tertiary/aromatic N) is 1. The van der Waals surface area contributed by atoms with Crippen LogP contribution in [0.3, 0.4) is 0 Å². The highest BCUT2D eigenvalue weighted by atomic mass is 32.2. The van der Waals surface area contributed by atoms with Crippen LogP contribution in [0.15, 0.2) is 23.4 Å². The molecule has 16 heavy (non-hydrogen) atoms. The van der Waals surface area contributed by atoms with Gasteiger partial charge in [0, 0.05) is 32.3 Å². The van der Waals surface area contributed by atoms with Crippen LogP contribution in [0.2, 0.25) is 0 Å². The van der Waals surface area contributed by atoms with Gasteiger partial charge in [-0.1, -0.05) is 0 Å². The number of anilines is 1. The topological polar surface area (TPSA) is 57.4 Å². The zero-order valence-electron chi connectivity index (χ0n) is 9.52. The molecule has 0 spiro atoms. The Morgan fingerprint density at radius 2 is 2.25 bits per heavy atom. The average molecular weight is 242 g/mol. The van der Waals surface area contributed by atoms with Crippen molar-refractivity contribution in [2.24, 2.45) is 0 Å². The number of nitrogen functional groups attached to an aromatic ring is 1. The molecule has 0 saturated carbocycles. The Balaban J connectivity index is 2.05. The van der Waals surface area contributed by atoms with Crippen LogP contribution < -0.4 is 5.73 Å². The lowest BCUT2D eigenvalue weighted by molar-refractivity contribution is 0.113. The number of pyridine rings is 1. The summed E-state index contributed by atoms with van der Waals surface area (Å²) in [5.41, 5.74) is 6.49. The molecule has 0 amide bonds. The van der Waals surface area contributed by atoms with E-state index in [0.29, 0.717) is 6.61 Å². The standard InChI is InChI=1S/C11H18N2O2S/c1-14-6-3-7-15-8-9-16-11-10(12)4-2-5-13-11/h2,4-5H,3,6-9,12H2,1H3. The number of thioether (sulfide) groups is 1. The molecular weight excluding hydrogens is 224 g/mol. The number of nitrogens with two attached hydrogens (primary N) is 1. The Morgan fingerprint density at radius 3 is 3.00 bits per heavy atom. The van der Waals surface area contributed by atoms with E-state index in [2.05, 4.69) is 4.98 Å². The van der Waals surface area contributed by atoms with Gasteiger partial charge in [0.1, 0.15) is 5.03 Å². The maximum atomic E-state index is 5.76. The monoisotopic (exact) mass is 242 g/mol. The van der Waals surface area contributed by atoms with Crippen LogP contribution in [0, 0.1) is 0 Å². The molecule has 0 unspecified atom stereocenters. The van der Waals surface area contributed by atoms with Crippen LogP contribution in [-0.2, 0) is 9.47 Å². The SMILES string of the molecule is COCCCOCCSc1ncccc1N. The molecule has 1 heterocycles. The number of aromatic nitrogens is 1. The van der Waals surface area contributed by atoms with Crippen molar-refractivity contribution in [1.82, 2.24) is 4.98 Å². The third-order valence-corrected chi connectivity index (χ3v) is 2.89. The van der Waals surface area contributed by atoms with Crippen LogP contribution in [-0.4, -0.2) is 37.7 Å². The van der Waals surface area contributed by atoms with Crippen LogP contribution in [0.1, 0.15) is 6.42 Å². The number of ether oxygens (including phenoxy) is 2. The lowest BCUT2D eigenvalue weighted by Crippen LogP contribution is -2.02. The largest absolute Gasteiger partial charge is 0.397 e. The molecule has 0 aliphatic heterocycles. The fraction of sp³-hybridized carbons (Fsp3) is 0.545. The lowest BCUT2D eigenvalue weighted by atomic mass is 10.4. The first-order chi connectivity index (χ1) is 7.84. The van der Waals surface area contributed by atoms with E-state index < -0.39 is 0 Å². The Morgan fingerprint density at radius 1 is 1.38 bits per heavy atom. The summed E-state index contributed by atoms with van der Waals surface area (Å²) in [7, 11) is 1.69. The average Bonchev–Trinajstić information content (AvgIpc) is 2.30. The fourth-order valence-electron chi connectivity index (χ4n) is 1.13. The molecule has 90 valence electrons. The zero-order chi connectivity index (χ0) is 11.6. The van der Waals surface area contributed by atoms with E-state index in [1.54, 1.807) is 25.1 Å². The molecular formula is C11H18N2O2S. The number of hydrogen-bond acceptors (Lipinski definition) is 5. The minimum Gasteiger partial charge on any atom is -0.397 e. The lowest BCUT2D eigenvalue weighted by Gasteiger charge is -2.05. The minimum atomic E-state index is 0.713. The van der Waals surface area contributed by atoms with Gasteiger partial charge < -0.3 is 15.2 Å². The molecule has 1 aromatic rings. The van der Waals surface area contributed by atoms with E-state index >= 15 is 0 Å². The maximum Gasteiger partial charge on any atom is 0.119 e. The van der Waals surface area contributed by atoms with Crippen molar-refractivity contribution in [2.45, 2.75) is 11.4 Å². The first-order valence-electron chi connectivity index (χ1n) is 5.24. The van der Waals surface area contributed by atoms with Gasteiger partial charge in [0.05, 0.1) is 12.3 Å². The van der Waals surface area contributed by atoms with Crippen molar-refractivity contribution < 1.29 is 9.47 Å². The second-order valence-electron chi connectivity index (χ2n) is 3.20. The number of hydrogen-bond donors (Lipinski definition) is 1. The summed E-state index contributed by atoms with van der Waals surface area (Å²) < 4.78 is 10.3. The molecule has 0 bridgehead atoms. The van der Waals surface area contributed by atoms with Gasteiger partial charge in [-0.2, -0.15) is 0 Å². The molecule has 0 aliphatic carbocycles. The summed E-state index contributed by atoms with van der Waals surface area (Å²) in [6.45, 7) is 2.21. The highest BCUT2D eigenvalue weighted by molar-refractivity contribution is 7.99. The second kappa shape index (κ2) is 8.38. The third kappa shape index (κ3) is 5.34. The second-order valence-corrected chi connectivity index (χ2v) is 4.29. The number of rotatable bonds is 8. The fourth-order valence-corrected chi connectivity index (χ4v) is 1.89. The molecule has 0 fully saturated rings. The van der Waals surface area contributed by atoms with Gasteiger partial charge >= 0.3 is 0 Å². The molecule has 4 nitrogen and oxygen atoms in total. The van der Waals surface area contributed by atoms with Crippen molar-refractivity contribution >= 4 is 17.4 Å². The molecule has 0 atom stereocenters. The Labute approximate surface area is 101 Å². The van der Waals surface area contributed by atoms with Crippen molar-refractivity contribution in [2.75, 3.05) is 38.4 Å². The van der Waals surface area contributed by atoms with Crippen LogP contribution in [0.5, 0.6) is 0 Å². The van der Waals surface area contributed by atoms with Gasteiger partial charge in [0.15, 0.2) is 0 Å². The molecule has 2 N–H and O–H groups in total. The predicted molar refractivity (Wildman–Crippen MR) is 66.7 cm³/mol. The molecule has 0 aliphatic rings. The van der Waals surface area contributed by atoms with Crippen molar-refractivity contribution in [3.63, 3.8) is 0 Å². The summed E-state index contributed by atoms with van der Waals surface area (Å²) >= 11 is 1.62.